The molecule has 1 unspecified atom stereocenters. The van der Waals surface area contributed by atoms with Crippen LogP contribution in [-0.2, 0) is 0 Å². The predicted molar refractivity (Wildman–Crippen MR) is 148 cm³/mol. The molecule has 1 fully saturated rings. The van der Waals surface area contributed by atoms with Crippen LogP contribution in [-0.4, -0.2) is 16.2 Å². The van der Waals surface area contributed by atoms with E-state index >= 15 is 0 Å². The fourth-order valence-electron chi connectivity index (χ4n) is 5.08. The second kappa shape index (κ2) is 11.3. The number of hydrogen-bond acceptors (Lipinski definition) is 5. The van der Waals surface area contributed by atoms with Crippen LogP contribution in [0.25, 0.3) is 38.8 Å². The molecule has 1 aliphatic carbocycles. The van der Waals surface area contributed by atoms with Crippen molar-refractivity contribution in [1.82, 2.24) is 9.97 Å². The third-order valence-electron chi connectivity index (χ3n) is 7.37. The van der Waals surface area contributed by atoms with E-state index < -0.39 is 0 Å². The molecule has 3 N–H and O–H groups in total. The number of fused-ring (bicyclic) bond motifs is 2. The number of benzene rings is 1. The normalized spacial score (nSPS) is 15.6. The van der Waals surface area contributed by atoms with E-state index in [1.54, 1.807) is 12.4 Å². The summed E-state index contributed by atoms with van der Waals surface area (Å²) in [5.74, 6) is 3.10. The first-order chi connectivity index (χ1) is 17.1. The highest BCUT2D eigenvalue weighted by molar-refractivity contribution is 6.14. The van der Waals surface area contributed by atoms with Gasteiger partial charge < -0.3 is 15.6 Å². The molecule has 1 atom stereocenters. The molecule has 0 saturated heterocycles. The molecule has 0 amide bonds. The van der Waals surface area contributed by atoms with E-state index in [2.05, 4.69) is 23.8 Å². The van der Waals surface area contributed by atoms with Crippen molar-refractivity contribution in [2.24, 2.45) is 11.8 Å². The second-order valence-electron chi connectivity index (χ2n) is 9.46. The Morgan fingerprint density at radius 1 is 1.14 bits per heavy atom. The Hall–Kier alpha value is -3.47. The van der Waals surface area contributed by atoms with Crippen molar-refractivity contribution >= 4 is 39.5 Å². The lowest BCUT2D eigenvalue weighted by Crippen LogP contribution is -2.14. The fourth-order valence-corrected chi connectivity index (χ4v) is 5.08. The van der Waals surface area contributed by atoms with Gasteiger partial charge in [0.2, 0.25) is 0 Å². The SMILES string of the molecule is C/C=C(\C=N)c1cnc(N)c2oc(-c3cccc4ncccc34)cc12.CCC(C)C1CCCCC1. The first-order valence-corrected chi connectivity index (χ1v) is 12.8. The van der Waals surface area contributed by atoms with E-state index in [9.17, 15) is 0 Å². The lowest BCUT2D eigenvalue weighted by molar-refractivity contribution is 0.258. The van der Waals surface area contributed by atoms with E-state index in [1.165, 1.54) is 44.7 Å². The van der Waals surface area contributed by atoms with Crippen molar-refractivity contribution in [2.45, 2.75) is 59.3 Å². The minimum atomic E-state index is 0.337. The quantitative estimate of drug-likeness (QED) is 0.288. The van der Waals surface area contributed by atoms with Gasteiger partial charge in [0.1, 0.15) is 5.76 Å². The molecule has 35 heavy (non-hydrogen) atoms. The van der Waals surface area contributed by atoms with Crippen LogP contribution in [0.15, 0.2) is 59.3 Å². The predicted octanol–water partition coefficient (Wildman–Crippen LogP) is 8.29. The van der Waals surface area contributed by atoms with E-state index in [4.69, 9.17) is 15.6 Å². The molecule has 3 aromatic heterocycles. The molecular formula is C30H36N4O. The molecular weight excluding hydrogens is 432 g/mol. The van der Waals surface area contributed by atoms with Crippen LogP contribution in [0.1, 0.15) is 64.9 Å². The van der Waals surface area contributed by atoms with Gasteiger partial charge in [-0.2, -0.15) is 0 Å². The van der Waals surface area contributed by atoms with Crippen LogP contribution in [0.4, 0.5) is 5.82 Å². The van der Waals surface area contributed by atoms with Crippen LogP contribution in [0.5, 0.6) is 0 Å². The summed E-state index contributed by atoms with van der Waals surface area (Å²) in [6.45, 7) is 6.62. The Balaban J connectivity index is 0.000000243. The molecule has 0 aliphatic heterocycles. The zero-order valence-electron chi connectivity index (χ0n) is 21.1. The molecule has 5 heteroatoms. The topological polar surface area (TPSA) is 88.8 Å². The van der Waals surface area contributed by atoms with Crippen LogP contribution in [0, 0.1) is 17.2 Å². The average molecular weight is 469 g/mol. The maximum absolute atomic E-state index is 7.61. The summed E-state index contributed by atoms with van der Waals surface area (Å²) in [5.41, 5.74) is 10.0. The Kier molecular flexibility index (Phi) is 7.96. The maximum Gasteiger partial charge on any atom is 0.177 e. The molecule has 5 nitrogen and oxygen atoms in total. The minimum Gasteiger partial charge on any atom is -0.452 e. The highest BCUT2D eigenvalue weighted by atomic mass is 16.3. The summed E-state index contributed by atoms with van der Waals surface area (Å²) in [4.78, 5) is 8.61. The van der Waals surface area contributed by atoms with Gasteiger partial charge in [-0.05, 0) is 42.5 Å². The Labute approximate surface area is 208 Å². The number of nitrogens with one attached hydrogen (secondary N) is 1. The highest BCUT2D eigenvalue weighted by Gasteiger charge is 2.18. The molecule has 5 rings (SSSR count). The van der Waals surface area contributed by atoms with Crippen molar-refractivity contribution in [2.75, 3.05) is 5.73 Å². The van der Waals surface area contributed by atoms with Crippen molar-refractivity contribution < 1.29 is 4.42 Å². The van der Waals surface area contributed by atoms with E-state index in [1.807, 2.05) is 49.4 Å². The van der Waals surface area contributed by atoms with Gasteiger partial charge in [0, 0.05) is 40.5 Å². The zero-order valence-corrected chi connectivity index (χ0v) is 21.1. The summed E-state index contributed by atoms with van der Waals surface area (Å²) in [6.07, 6.45) is 15.5. The summed E-state index contributed by atoms with van der Waals surface area (Å²) < 4.78 is 6.06. The van der Waals surface area contributed by atoms with Gasteiger partial charge in [0.05, 0.1) is 5.52 Å². The van der Waals surface area contributed by atoms with Crippen LogP contribution < -0.4 is 5.73 Å². The van der Waals surface area contributed by atoms with Gasteiger partial charge >= 0.3 is 0 Å². The van der Waals surface area contributed by atoms with Crippen molar-refractivity contribution in [1.29, 1.82) is 5.41 Å². The molecule has 1 aromatic carbocycles. The number of pyridine rings is 2. The summed E-state index contributed by atoms with van der Waals surface area (Å²) >= 11 is 0. The van der Waals surface area contributed by atoms with Gasteiger partial charge in [-0.3, -0.25) is 4.98 Å². The van der Waals surface area contributed by atoms with E-state index in [0.29, 0.717) is 17.2 Å². The van der Waals surface area contributed by atoms with Gasteiger partial charge in [0.15, 0.2) is 11.4 Å². The van der Waals surface area contributed by atoms with Crippen LogP contribution in [0.3, 0.4) is 0 Å². The molecule has 1 saturated carbocycles. The van der Waals surface area contributed by atoms with Crippen molar-refractivity contribution in [3.8, 4) is 11.3 Å². The molecule has 4 aromatic rings. The number of nitrogens with two attached hydrogens (primary N) is 1. The summed E-state index contributed by atoms with van der Waals surface area (Å²) in [7, 11) is 0. The third-order valence-corrected chi connectivity index (χ3v) is 7.37. The number of aromatic nitrogens is 2. The van der Waals surface area contributed by atoms with Gasteiger partial charge in [-0.15, -0.1) is 0 Å². The van der Waals surface area contributed by atoms with Crippen LogP contribution >= 0.6 is 0 Å². The molecule has 0 bridgehead atoms. The van der Waals surface area contributed by atoms with E-state index in [-0.39, 0.29) is 0 Å². The average Bonchev–Trinajstić information content (AvgIpc) is 3.37. The largest absolute Gasteiger partial charge is 0.452 e. The zero-order chi connectivity index (χ0) is 24.8. The molecule has 0 spiro atoms. The maximum atomic E-state index is 7.61. The molecule has 1 aliphatic rings. The lowest BCUT2D eigenvalue weighted by Gasteiger charge is -2.26. The van der Waals surface area contributed by atoms with Gasteiger partial charge in [-0.25, -0.2) is 4.98 Å². The van der Waals surface area contributed by atoms with Crippen molar-refractivity contribution in [3.63, 3.8) is 0 Å². The molecule has 3 heterocycles. The fraction of sp³-hybridized carbons (Fsp3) is 0.367. The molecule has 0 radical (unpaired) electrons. The van der Waals surface area contributed by atoms with Crippen molar-refractivity contribution in [3.05, 3.63) is 60.4 Å². The number of nitrogens with zero attached hydrogens (tertiary/aromatic N) is 2. The number of anilines is 1. The standard InChI is InChI=1S/C20H16N4O.C10H20/c1-2-12(10-21)16-11-24-20(22)19-15(16)9-18(25-19)14-5-3-7-17-13(14)6-4-8-23-17;1-3-9(2)10-7-5-4-6-8-10/h2-11,21H,1H3,(H2,22,24);9-10H,3-8H2,1-2H3/b12-2+,21-10?;. The molecule has 182 valence electrons. The smallest absolute Gasteiger partial charge is 0.177 e. The third kappa shape index (κ3) is 5.29. The Bertz CT molecular complexity index is 1330. The Morgan fingerprint density at radius 3 is 2.66 bits per heavy atom. The first kappa shape index (κ1) is 24.6. The van der Waals surface area contributed by atoms with Gasteiger partial charge in [-0.1, -0.05) is 76.6 Å². The number of hydrogen-bond donors (Lipinski definition) is 2. The lowest BCUT2D eigenvalue weighted by atomic mass is 9.80. The summed E-state index contributed by atoms with van der Waals surface area (Å²) in [5, 5.41) is 9.47. The van der Waals surface area contributed by atoms with Gasteiger partial charge in [0.25, 0.3) is 0 Å². The minimum absolute atomic E-state index is 0.337. The Morgan fingerprint density at radius 2 is 1.94 bits per heavy atom. The number of rotatable bonds is 5. The monoisotopic (exact) mass is 468 g/mol. The number of nitrogen functional groups attached to an aromatic ring is 1. The highest BCUT2D eigenvalue weighted by Crippen LogP contribution is 2.36. The van der Waals surface area contributed by atoms with Crippen LogP contribution in [0.2, 0.25) is 0 Å². The second-order valence-corrected chi connectivity index (χ2v) is 9.46. The number of allylic oxidation sites excluding steroid dienone is 2. The summed E-state index contributed by atoms with van der Waals surface area (Å²) in [6, 6.07) is 11.8. The number of furan rings is 1. The first-order valence-electron chi connectivity index (χ1n) is 12.8. The van der Waals surface area contributed by atoms with E-state index in [0.717, 1.165) is 44.8 Å².